The SMILES string of the molecule is COc1ccc2cc(/C=N\NS(=O)(=O)c3ccccc3)c(Cl)nc2c1. The van der Waals surface area contributed by atoms with Crippen LogP contribution in [0.1, 0.15) is 5.56 Å². The first-order valence-corrected chi connectivity index (χ1v) is 9.10. The first kappa shape index (κ1) is 17.2. The lowest BCUT2D eigenvalue weighted by atomic mass is 10.1. The van der Waals surface area contributed by atoms with E-state index in [-0.39, 0.29) is 10.0 Å². The minimum Gasteiger partial charge on any atom is -0.497 e. The van der Waals surface area contributed by atoms with E-state index in [1.807, 2.05) is 6.07 Å². The Hall–Kier alpha value is -2.64. The standard InChI is InChI=1S/C17H14ClN3O3S/c1-24-14-8-7-12-9-13(17(18)20-16(12)10-14)11-19-21-25(22,23)15-5-3-2-4-6-15/h2-11,21H,1H3/b19-11-. The lowest BCUT2D eigenvalue weighted by Crippen LogP contribution is -2.18. The molecule has 0 aliphatic heterocycles. The monoisotopic (exact) mass is 375 g/mol. The molecular formula is C17H14ClN3O3S. The van der Waals surface area contributed by atoms with E-state index in [0.29, 0.717) is 16.8 Å². The predicted octanol–water partition coefficient (Wildman–Crippen LogP) is 3.21. The van der Waals surface area contributed by atoms with Crippen LogP contribution in [-0.4, -0.2) is 26.7 Å². The average Bonchev–Trinajstić information content (AvgIpc) is 2.62. The Morgan fingerprint density at radius 2 is 1.92 bits per heavy atom. The van der Waals surface area contributed by atoms with E-state index in [0.717, 1.165) is 5.39 Å². The number of sulfonamides is 1. The second-order valence-corrected chi connectivity index (χ2v) is 7.11. The van der Waals surface area contributed by atoms with Crippen LogP contribution in [0, 0.1) is 0 Å². The van der Waals surface area contributed by atoms with Crippen LogP contribution in [-0.2, 0) is 10.0 Å². The largest absolute Gasteiger partial charge is 0.497 e. The van der Waals surface area contributed by atoms with Crippen molar-refractivity contribution >= 4 is 38.7 Å². The number of halogens is 1. The van der Waals surface area contributed by atoms with Crippen molar-refractivity contribution < 1.29 is 13.2 Å². The number of hydrogen-bond donors (Lipinski definition) is 1. The molecule has 0 unspecified atom stereocenters. The van der Waals surface area contributed by atoms with Crippen molar-refractivity contribution in [2.45, 2.75) is 4.90 Å². The topological polar surface area (TPSA) is 80.6 Å². The lowest BCUT2D eigenvalue weighted by molar-refractivity contribution is 0.415. The Labute approximate surface area is 150 Å². The number of fused-ring (bicyclic) bond motifs is 1. The van der Waals surface area contributed by atoms with E-state index < -0.39 is 10.0 Å². The predicted molar refractivity (Wildman–Crippen MR) is 97.7 cm³/mol. The van der Waals surface area contributed by atoms with Gasteiger partial charge in [0, 0.05) is 17.0 Å². The summed E-state index contributed by atoms with van der Waals surface area (Å²) < 4.78 is 29.4. The molecule has 1 N–H and O–H groups in total. The van der Waals surface area contributed by atoms with Gasteiger partial charge in [0.05, 0.1) is 23.7 Å². The highest BCUT2D eigenvalue weighted by atomic mass is 35.5. The molecule has 0 radical (unpaired) electrons. The smallest absolute Gasteiger partial charge is 0.276 e. The fourth-order valence-corrected chi connectivity index (χ4v) is 3.18. The number of nitrogens with zero attached hydrogens (tertiary/aromatic N) is 2. The van der Waals surface area contributed by atoms with Crippen molar-refractivity contribution in [3.63, 3.8) is 0 Å². The van der Waals surface area contributed by atoms with Gasteiger partial charge in [0.15, 0.2) is 0 Å². The molecule has 1 heterocycles. The molecule has 0 aliphatic carbocycles. The average molecular weight is 376 g/mol. The van der Waals surface area contributed by atoms with Crippen molar-refractivity contribution in [2.75, 3.05) is 7.11 Å². The number of pyridine rings is 1. The van der Waals surface area contributed by atoms with Gasteiger partial charge in [0.25, 0.3) is 10.0 Å². The van der Waals surface area contributed by atoms with E-state index in [2.05, 4.69) is 14.9 Å². The van der Waals surface area contributed by atoms with Crippen LogP contribution in [0.2, 0.25) is 5.15 Å². The van der Waals surface area contributed by atoms with E-state index in [1.165, 1.54) is 18.3 Å². The van der Waals surface area contributed by atoms with Crippen molar-refractivity contribution in [1.82, 2.24) is 9.82 Å². The summed E-state index contributed by atoms with van der Waals surface area (Å²) in [6.45, 7) is 0. The van der Waals surface area contributed by atoms with Crippen molar-refractivity contribution in [3.8, 4) is 5.75 Å². The number of ether oxygens (including phenoxy) is 1. The van der Waals surface area contributed by atoms with Gasteiger partial charge in [-0.15, -0.1) is 0 Å². The number of benzene rings is 2. The van der Waals surface area contributed by atoms with Gasteiger partial charge < -0.3 is 4.74 Å². The molecule has 3 rings (SSSR count). The third-order valence-electron chi connectivity index (χ3n) is 3.44. The van der Waals surface area contributed by atoms with E-state index >= 15 is 0 Å². The van der Waals surface area contributed by atoms with Gasteiger partial charge in [-0.3, -0.25) is 0 Å². The minimum absolute atomic E-state index is 0.127. The van der Waals surface area contributed by atoms with Crippen LogP contribution >= 0.6 is 11.6 Å². The highest BCUT2D eigenvalue weighted by molar-refractivity contribution is 7.89. The molecule has 8 heteroatoms. The number of hydrazone groups is 1. The Morgan fingerprint density at radius 3 is 2.64 bits per heavy atom. The molecule has 6 nitrogen and oxygen atoms in total. The number of aromatic nitrogens is 1. The van der Waals surface area contributed by atoms with Gasteiger partial charge in [-0.2, -0.15) is 13.5 Å². The Bertz CT molecular complexity index is 1040. The first-order chi connectivity index (χ1) is 12.0. The summed E-state index contributed by atoms with van der Waals surface area (Å²) in [5.41, 5.74) is 1.17. The molecule has 0 amide bonds. The van der Waals surface area contributed by atoms with Crippen LogP contribution < -0.4 is 9.57 Å². The van der Waals surface area contributed by atoms with Crippen molar-refractivity contribution in [2.24, 2.45) is 5.10 Å². The second kappa shape index (κ2) is 7.08. The molecule has 0 bridgehead atoms. The van der Waals surface area contributed by atoms with Crippen molar-refractivity contribution in [1.29, 1.82) is 0 Å². The van der Waals surface area contributed by atoms with Crippen LogP contribution in [0.25, 0.3) is 10.9 Å². The van der Waals surface area contributed by atoms with Crippen LogP contribution in [0.3, 0.4) is 0 Å². The lowest BCUT2D eigenvalue weighted by Gasteiger charge is -2.05. The Balaban J connectivity index is 1.85. The molecule has 0 atom stereocenters. The zero-order valence-electron chi connectivity index (χ0n) is 13.2. The summed E-state index contributed by atoms with van der Waals surface area (Å²) in [5, 5.41) is 4.82. The molecule has 0 saturated heterocycles. The molecule has 0 aliphatic rings. The summed E-state index contributed by atoms with van der Waals surface area (Å²) >= 11 is 6.15. The maximum absolute atomic E-state index is 12.1. The normalized spacial score (nSPS) is 11.8. The van der Waals surface area contributed by atoms with E-state index in [1.54, 1.807) is 43.5 Å². The minimum atomic E-state index is -3.72. The molecule has 128 valence electrons. The summed E-state index contributed by atoms with van der Waals surface area (Å²) in [7, 11) is -2.15. The van der Waals surface area contributed by atoms with Gasteiger partial charge in [-0.25, -0.2) is 9.82 Å². The quantitative estimate of drug-likeness (QED) is 0.422. The fourth-order valence-electron chi connectivity index (χ4n) is 2.17. The van der Waals surface area contributed by atoms with Crippen LogP contribution in [0.5, 0.6) is 5.75 Å². The van der Waals surface area contributed by atoms with Gasteiger partial charge in [0.1, 0.15) is 10.9 Å². The Morgan fingerprint density at radius 1 is 1.16 bits per heavy atom. The number of hydrogen-bond acceptors (Lipinski definition) is 5. The summed E-state index contributed by atoms with van der Waals surface area (Å²) in [5.74, 6) is 0.674. The summed E-state index contributed by atoms with van der Waals surface area (Å²) in [4.78, 5) is 6.55. The maximum atomic E-state index is 12.1. The van der Waals surface area contributed by atoms with Crippen molar-refractivity contribution in [3.05, 3.63) is 65.3 Å². The first-order valence-electron chi connectivity index (χ1n) is 7.24. The molecule has 0 spiro atoms. The summed E-state index contributed by atoms with van der Waals surface area (Å²) in [6.07, 6.45) is 1.32. The van der Waals surface area contributed by atoms with Gasteiger partial charge in [0.2, 0.25) is 0 Å². The van der Waals surface area contributed by atoms with Crippen LogP contribution in [0.15, 0.2) is 64.6 Å². The molecular weight excluding hydrogens is 362 g/mol. The van der Waals surface area contributed by atoms with Gasteiger partial charge in [-0.1, -0.05) is 29.8 Å². The molecule has 0 saturated carbocycles. The molecule has 2 aromatic carbocycles. The summed E-state index contributed by atoms with van der Waals surface area (Å²) in [6, 6.07) is 15.1. The number of methoxy groups -OCH3 is 1. The van der Waals surface area contributed by atoms with E-state index in [9.17, 15) is 8.42 Å². The molecule has 1 aromatic heterocycles. The third-order valence-corrected chi connectivity index (χ3v) is 4.98. The Kier molecular flexibility index (Phi) is 4.87. The molecule has 3 aromatic rings. The van der Waals surface area contributed by atoms with Crippen LogP contribution in [0.4, 0.5) is 0 Å². The maximum Gasteiger partial charge on any atom is 0.276 e. The zero-order chi connectivity index (χ0) is 17.9. The van der Waals surface area contributed by atoms with Gasteiger partial charge in [-0.05, 0) is 30.3 Å². The number of nitrogens with one attached hydrogen (secondary N) is 1. The molecule has 0 fully saturated rings. The number of rotatable bonds is 5. The third kappa shape index (κ3) is 3.89. The fraction of sp³-hybridized carbons (Fsp3) is 0.0588. The second-order valence-electron chi connectivity index (χ2n) is 5.09. The highest BCUT2D eigenvalue weighted by Gasteiger charge is 2.11. The highest BCUT2D eigenvalue weighted by Crippen LogP contribution is 2.23. The van der Waals surface area contributed by atoms with E-state index in [4.69, 9.17) is 16.3 Å². The zero-order valence-corrected chi connectivity index (χ0v) is 14.8. The molecule has 25 heavy (non-hydrogen) atoms. The van der Waals surface area contributed by atoms with Gasteiger partial charge >= 0.3 is 0 Å².